The molecule has 1 aromatic rings. The lowest BCUT2D eigenvalue weighted by atomic mass is 10.2. The molecule has 0 spiro atoms. The van der Waals surface area contributed by atoms with Gasteiger partial charge in [-0.2, -0.15) is 0 Å². The van der Waals surface area contributed by atoms with Crippen molar-refractivity contribution in [2.45, 2.75) is 20.8 Å². The zero-order valence-corrected chi connectivity index (χ0v) is 11.5. The van der Waals surface area contributed by atoms with Crippen molar-refractivity contribution in [3.63, 3.8) is 0 Å². The number of nitrogens with zero attached hydrogens (tertiary/aromatic N) is 2. The third-order valence-electron chi connectivity index (χ3n) is 2.97. The van der Waals surface area contributed by atoms with Gasteiger partial charge in [0.15, 0.2) is 0 Å². The molecule has 1 amide bonds. The van der Waals surface area contributed by atoms with E-state index in [2.05, 4.69) is 5.32 Å². The molecule has 0 atom stereocenters. The van der Waals surface area contributed by atoms with E-state index >= 15 is 0 Å². The van der Waals surface area contributed by atoms with Crippen LogP contribution in [0.2, 0.25) is 0 Å². The molecular weight excluding hydrogens is 246 g/mol. The molecule has 1 N–H and O–H groups in total. The van der Waals surface area contributed by atoms with E-state index in [-0.39, 0.29) is 18.1 Å². The summed E-state index contributed by atoms with van der Waals surface area (Å²) in [4.78, 5) is 23.9. The number of nitro groups is 1. The lowest BCUT2D eigenvalue weighted by Crippen LogP contribution is -2.35. The smallest absolute Gasteiger partial charge is 0.274 e. The maximum Gasteiger partial charge on any atom is 0.274 e. The highest BCUT2D eigenvalue weighted by Gasteiger charge is 2.12. The van der Waals surface area contributed by atoms with Crippen LogP contribution in [0.1, 0.15) is 19.4 Å². The number of aryl methyl sites for hydroxylation is 1. The Kier molecular flexibility index (Phi) is 5.29. The summed E-state index contributed by atoms with van der Waals surface area (Å²) >= 11 is 0. The van der Waals surface area contributed by atoms with Crippen molar-refractivity contribution in [1.82, 2.24) is 4.90 Å². The first-order chi connectivity index (χ1) is 8.99. The number of carbonyl (C=O) groups excluding carboxylic acids is 1. The average Bonchev–Trinajstić information content (AvgIpc) is 2.38. The van der Waals surface area contributed by atoms with Crippen LogP contribution in [0.15, 0.2) is 18.2 Å². The molecule has 0 unspecified atom stereocenters. The Balaban J connectivity index is 2.71. The van der Waals surface area contributed by atoms with Gasteiger partial charge in [0.1, 0.15) is 0 Å². The van der Waals surface area contributed by atoms with Crippen LogP contribution in [0.5, 0.6) is 0 Å². The van der Waals surface area contributed by atoms with Crippen molar-refractivity contribution in [1.29, 1.82) is 0 Å². The topological polar surface area (TPSA) is 75.5 Å². The van der Waals surface area contributed by atoms with Crippen molar-refractivity contribution in [2.75, 3.05) is 25.0 Å². The molecule has 0 aliphatic heterocycles. The summed E-state index contributed by atoms with van der Waals surface area (Å²) in [5.74, 6) is -0.0202. The Morgan fingerprint density at radius 2 is 2.00 bits per heavy atom. The fourth-order valence-corrected chi connectivity index (χ4v) is 1.78. The predicted molar refractivity (Wildman–Crippen MR) is 74.3 cm³/mol. The number of benzene rings is 1. The normalized spacial score (nSPS) is 10.1. The Bertz CT molecular complexity index is 470. The van der Waals surface area contributed by atoms with E-state index in [9.17, 15) is 14.9 Å². The zero-order chi connectivity index (χ0) is 14.4. The first-order valence-electron chi connectivity index (χ1n) is 6.26. The number of nitro benzene ring substituents is 1. The quantitative estimate of drug-likeness (QED) is 0.632. The fraction of sp³-hybridized carbons (Fsp3) is 0.462. The largest absolute Gasteiger partial charge is 0.376 e. The minimum absolute atomic E-state index is 0.0202. The van der Waals surface area contributed by atoms with Gasteiger partial charge in [-0.05, 0) is 26.8 Å². The molecule has 0 aliphatic carbocycles. The van der Waals surface area contributed by atoms with Gasteiger partial charge in [0.2, 0.25) is 5.91 Å². The van der Waals surface area contributed by atoms with Crippen LogP contribution in [-0.4, -0.2) is 35.4 Å². The fourth-order valence-electron chi connectivity index (χ4n) is 1.78. The van der Waals surface area contributed by atoms with Crippen LogP contribution in [0, 0.1) is 17.0 Å². The highest BCUT2D eigenvalue weighted by atomic mass is 16.6. The van der Waals surface area contributed by atoms with Crippen molar-refractivity contribution < 1.29 is 9.72 Å². The third kappa shape index (κ3) is 3.94. The summed E-state index contributed by atoms with van der Waals surface area (Å²) < 4.78 is 0. The second-order valence-electron chi connectivity index (χ2n) is 4.18. The van der Waals surface area contributed by atoms with E-state index in [0.717, 1.165) is 0 Å². The third-order valence-corrected chi connectivity index (χ3v) is 2.97. The molecule has 6 nitrogen and oxygen atoms in total. The average molecular weight is 265 g/mol. The minimum Gasteiger partial charge on any atom is -0.376 e. The van der Waals surface area contributed by atoms with Gasteiger partial charge in [0.25, 0.3) is 5.69 Å². The van der Waals surface area contributed by atoms with Crippen molar-refractivity contribution in [3.05, 3.63) is 33.9 Å². The summed E-state index contributed by atoms with van der Waals surface area (Å²) in [5.41, 5.74) is 1.24. The lowest BCUT2D eigenvalue weighted by Gasteiger charge is -2.19. The molecule has 0 bridgehead atoms. The minimum atomic E-state index is -0.424. The number of hydrogen-bond acceptors (Lipinski definition) is 4. The highest BCUT2D eigenvalue weighted by Crippen LogP contribution is 2.22. The number of hydrogen-bond donors (Lipinski definition) is 1. The summed E-state index contributed by atoms with van der Waals surface area (Å²) in [6.45, 7) is 6.97. The maximum absolute atomic E-state index is 11.8. The lowest BCUT2D eigenvalue weighted by molar-refractivity contribution is -0.385. The van der Waals surface area contributed by atoms with Crippen LogP contribution in [-0.2, 0) is 4.79 Å². The van der Waals surface area contributed by atoms with Gasteiger partial charge >= 0.3 is 0 Å². The molecule has 104 valence electrons. The van der Waals surface area contributed by atoms with Crippen molar-refractivity contribution in [2.24, 2.45) is 0 Å². The highest BCUT2D eigenvalue weighted by molar-refractivity contribution is 5.81. The first kappa shape index (κ1) is 14.9. The molecule has 1 aromatic carbocycles. The predicted octanol–water partition coefficient (Wildman–Crippen LogP) is 2.18. The molecule has 0 saturated carbocycles. The molecular formula is C13H19N3O3. The zero-order valence-electron chi connectivity index (χ0n) is 11.5. The monoisotopic (exact) mass is 265 g/mol. The number of anilines is 1. The summed E-state index contributed by atoms with van der Waals surface area (Å²) in [7, 11) is 0. The van der Waals surface area contributed by atoms with Crippen LogP contribution in [0.3, 0.4) is 0 Å². The van der Waals surface area contributed by atoms with Gasteiger partial charge < -0.3 is 10.2 Å². The number of nitrogens with one attached hydrogen (secondary N) is 1. The Morgan fingerprint density at radius 3 is 2.53 bits per heavy atom. The number of carbonyl (C=O) groups is 1. The van der Waals surface area contributed by atoms with E-state index in [1.807, 2.05) is 13.8 Å². The van der Waals surface area contributed by atoms with Gasteiger partial charge in [0, 0.05) is 30.4 Å². The first-order valence-corrected chi connectivity index (χ1v) is 6.26. The van der Waals surface area contributed by atoms with E-state index in [1.54, 1.807) is 24.0 Å². The molecule has 0 aliphatic rings. The van der Waals surface area contributed by atoms with Gasteiger partial charge in [0.05, 0.1) is 11.5 Å². The van der Waals surface area contributed by atoms with Crippen LogP contribution in [0.25, 0.3) is 0 Å². The molecule has 0 fully saturated rings. The molecule has 6 heteroatoms. The molecule has 0 heterocycles. The van der Waals surface area contributed by atoms with Gasteiger partial charge in [-0.3, -0.25) is 14.9 Å². The van der Waals surface area contributed by atoms with Gasteiger partial charge in [-0.1, -0.05) is 6.07 Å². The molecule has 0 saturated heterocycles. The maximum atomic E-state index is 11.8. The molecule has 0 aromatic heterocycles. The number of rotatable bonds is 6. The van der Waals surface area contributed by atoms with Crippen LogP contribution >= 0.6 is 0 Å². The second-order valence-corrected chi connectivity index (χ2v) is 4.18. The van der Waals surface area contributed by atoms with Crippen LogP contribution < -0.4 is 5.32 Å². The second kappa shape index (κ2) is 6.72. The van der Waals surface area contributed by atoms with E-state index in [1.165, 1.54) is 6.07 Å². The van der Waals surface area contributed by atoms with Crippen LogP contribution in [0.4, 0.5) is 11.4 Å². The summed E-state index contributed by atoms with van der Waals surface area (Å²) in [6, 6.07) is 4.85. The standard InChI is InChI=1S/C13H19N3O3/c1-4-15(5-2)13(17)9-14-11-7-6-10(3)12(8-11)16(18)19/h6-8,14H,4-5,9H2,1-3H3. The summed E-state index contributed by atoms with van der Waals surface area (Å²) in [6.07, 6.45) is 0. The Hall–Kier alpha value is -2.11. The SMILES string of the molecule is CCN(CC)C(=O)CNc1ccc(C)c([N+](=O)[O-])c1. The molecule has 19 heavy (non-hydrogen) atoms. The van der Waals surface area contributed by atoms with Gasteiger partial charge in [-0.25, -0.2) is 0 Å². The number of amides is 1. The van der Waals surface area contributed by atoms with Gasteiger partial charge in [-0.15, -0.1) is 0 Å². The molecule has 1 rings (SSSR count). The van der Waals surface area contributed by atoms with E-state index in [4.69, 9.17) is 0 Å². The molecule has 0 radical (unpaired) electrons. The Morgan fingerprint density at radius 1 is 1.37 bits per heavy atom. The van der Waals surface area contributed by atoms with Crippen molar-refractivity contribution in [3.8, 4) is 0 Å². The number of likely N-dealkylation sites (N-methyl/N-ethyl adjacent to an activating group) is 1. The Labute approximate surface area is 112 Å². The summed E-state index contributed by atoms with van der Waals surface area (Å²) in [5, 5.41) is 13.7. The van der Waals surface area contributed by atoms with E-state index < -0.39 is 4.92 Å². The van der Waals surface area contributed by atoms with Crippen molar-refractivity contribution >= 4 is 17.3 Å². The van der Waals surface area contributed by atoms with E-state index in [0.29, 0.717) is 24.3 Å².